The molecule has 2 N–H and O–H groups in total. The molecule has 1 saturated heterocycles. The van der Waals surface area contributed by atoms with Crippen LogP contribution in [0.5, 0.6) is 0 Å². The van der Waals surface area contributed by atoms with E-state index >= 15 is 0 Å². The molecule has 3 heteroatoms. The van der Waals surface area contributed by atoms with E-state index in [0.29, 0.717) is 5.75 Å². The third kappa shape index (κ3) is 1.28. The minimum atomic E-state index is -0.396. The maximum atomic E-state index is 9.07. The first-order chi connectivity index (χ1) is 4.25. The van der Waals surface area contributed by atoms with Gasteiger partial charge in [0, 0.05) is 5.75 Å². The monoisotopic (exact) mass is 146 g/mol. The van der Waals surface area contributed by atoms with Crippen molar-refractivity contribution in [1.82, 2.24) is 0 Å². The highest BCUT2D eigenvalue weighted by atomic mass is 32.2. The summed E-state index contributed by atoms with van der Waals surface area (Å²) < 4.78 is 0. The zero-order valence-electron chi connectivity index (χ0n) is 5.08. The summed E-state index contributed by atoms with van der Waals surface area (Å²) in [6.07, 6.45) is -0.396. The van der Waals surface area contributed by atoms with E-state index in [4.69, 9.17) is 10.2 Å². The van der Waals surface area contributed by atoms with Gasteiger partial charge < -0.3 is 10.2 Å². The van der Waals surface area contributed by atoms with Gasteiger partial charge in [-0.15, -0.1) is 11.8 Å². The zero-order valence-corrected chi connectivity index (χ0v) is 5.90. The van der Waals surface area contributed by atoms with Crippen molar-refractivity contribution in [3.8, 4) is 0 Å². The second kappa shape index (κ2) is 2.73. The van der Waals surface area contributed by atoms with Gasteiger partial charge in [0.2, 0.25) is 0 Å². The summed E-state index contributed by atoms with van der Waals surface area (Å²) in [5.74, 6) is 0.685. The SMILES string of the molecule is C=C1[C@H](CO)SC[C@@H]1O. The second-order valence-electron chi connectivity index (χ2n) is 2.10. The van der Waals surface area contributed by atoms with E-state index in [1.54, 1.807) is 11.8 Å². The summed E-state index contributed by atoms with van der Waals surface area (Å²) in [6, 6.07) is 0. The Balaban J connectivity index is 2.51. The quantitative estimate of drug-likeness (QED) is 0.512. The molecule has 2 atom stereocenters. The first-order valence-corrected chi connectivity index (χ1v) is 3.89. The molecule has 2 nitrogen and oxygen atoms in total. The van der Waals surface area contributed by atoms with E-state index in [2.05, 4.69) is 6.58 Å². The number of aliphatic hydroxyl groups is 2. The molecule has 9 heavy (non-hydrogen) atoms. The third-order valence-corrected chi connectivity index (χ3v) is 2.83. The van der Waals surface area contributed by atoms with Crippen LogP contribution < -0.4 is 0 Å². The molecule has 0 aromatic rings. The summed E-state index contributed by atoms with van der Waals surface area (Å²) in [6.45, 7) is 3.75. The van der Waals surface area contributed by atoms with Crippen LogP contribution in [0.1, 0.15) is 0 Å². The maximum Gasteiger partial charge on any atom is 0.0849 e. The van der Waals surface area contributed by atoms with Crippen molar-refractivity contribution in [3.63, 3.8) is 0 Å². The van der Waals surface area contributed by atoms with Gasteiger partial charge in [-0.2, -0.15) is 0 Å². The van der Waals surface area contributed by atoms with Crippen LogP contribution in [0, 0.1) is 0 Å². The Hall–Kier alpha value is 0.01000. The van der Waals surface area contributed by atoms with Crippen molar-refractivity contribution in [2.24, 2.45) is 0 Å². The number of rotatable bonds is 1. The highest BCUT2D eigenvalue weighted by molar-refractivity contribution is 8.00. The van der Waals surface area contributed by atoms with Crippen LogP contribution in [0.15, 0.2) is 12.2 Å². The van der Waals surface area contributed by atoms with Crippen LogP contribution in [0.4, 0.5) is 0 Å². The van der Waals surface area contributed by atoms with Gasteiger partial charge in [-0.1, -0.05) is 6.58 Å². The highest BCUT2D eigenvalue weighted by Gasteiger charge is 2.26. The van der Waals surface area contributed by atoms with Gasteiger partial charge in [0.15, 0.2) is 0 Å². The van der Waals surface area contributed by atoms with E-state index in [1.165, 1.54) is 0 Å². The fraction of sp³-hybridized carbons (Fsp3) is 0.667. The normalized spacial score (nSPS) is 35.6. The smallest absolute Gasteiger partial charge is 0.0849 e. The van der Waals surface area contributed by atoms with Gasteiger partial charge in [0.25, 0.3) is 0 Å². The summed E-state index contributed by atoms with van der Waals surface area (Å²) in [7, 11) is 0. The molecule has 0 spiro atoms. The molecule has 1 rings (SSSR count). The lowest BCUT2D eigenvalue weighted by atomic mass is 10.1. The van der Waals surface area contributed by atoms with E-state index in [9.17, 15) is 0 Å². The first-order valence-electron chi connectivity index (χ1n) is 2.85. The van der Waals surface area contributed by atoms with Crippen molar-refractivity contribution in [1.29, 1.82) is 0 Å². The summed E-state index contributed by atoms with van der Waals surface area (Å²) in [5, 5.41) is 17.8. The minimum absolute atomic E-state index is 0.0694. The number of hydrogen-bond acceptors (Lipinski definition) is 3. The van der Waals surface area contributed by atoms with Crippen molar-refractivity contribution in [3.05, 3.63) is 12.2 Å². The highest BCUT2D eigenvalue weighted by Crippen LogP contribution is 2.29. The van der Waals surface area contributed by atoms with E-state index in [0.717, 1.165) is 5.57 Å². The second-order valence-corrected chi connectivity index (χ2v) is 3.33. The van der Waals surface area contributed by atoms with Crippen LogP contribution in [0.25, 0.3) is 0 Å². The van der Waals surface area contributed by atoms with Gasteiger partial charge in [0.1, 0.15) is 0 Å². The number of hydrogen-bond donors (Lipinski definition) is 2. The van der Waals surface area contributed by atoms with Crippen molar-refractivity contribution in [2.45, 2.75) is 11.4 Å². The lowest BCUT2D eigenvalue weighted by molar-refractivity contribution is 0.230. The van der Waals surface area contributed by atoms with Crippen LogP contribution in [0.2, 0.25) is 0 Å². The first kappa shape index (κ1) is 7.12. The third-order valence-electron chi connectivity index (χ3n) is 1.46. The van der Waals surface area contributed by atoms with Gasteiger partial charge in [0.05, 0.1) is 18.0 Å². The Bertz CT molecular complexity index is 124. The van der Waals surface area contributed by atoms with E-state index in [1.807, 2.05) is 0 Å². The molecule has 1 aliphatic heterocycles. The molecule has 0 aromatic carbocycles. The number of thioether (sulfide) groups is 1. The van der Waals surface area contributed by atoms with Crippen LogP contribution in [-0.2, 0) is 0 Å². The average molecular weight is 146 g/mol. The topological polar surface area (TPSA) is 40.5 Å². The molecule has 52 valence electrons. The molecule has 1 aliphatic rings. The molecule has 0 amide bonds. The van der Waals surface area contributed by atoms with Crippen LogP contribution in [0.3, 0.4) is 0 Å². The molecule has 0 saturated carbocycles. The van der Waals surface area contributed by atoms with Gasteiger partial charge in [-0.3, -0.25) is 0 Å². The fourth-order valence-corrected chi connectivity index (χ4v) is 1.91. The molecule has 0 unspecified atom stereocenters. The summed E-state index contributed by atoms with van der Waals surface area (Å²) >= 11 is 1.56. The molecule has 1 heterocycles. The van der Waals surface area contributed by atoms with Crippen molar-refractivity contribution >= 4 is 11.8 Å². The minimum Gasteiger partial charge on any atom is -0.395 e. The maximum absolute atomic E-state index is 9.07. The Morgan fingerprint density at radius 1 is 1.78 bits per heavy atom. The number of aliphatic hydroxyl groups excluding tert-OH is 2. The lowest BCUT2D eigenvalue weighted by Crippen LogP contribution is -2.12. The largest absolute Gasteiger partial charge is 0.395 e. The van der Waals surface area contributed by atoms with Gasteiger partial charge in [-0.25, -0.2) is 0 Å². The summed E-state index contributed by atoms with van der Waals surface area (Å²) in [5.41, 5.74) is 0.766. The summed E-state index contributed by atoms with van der Waals surface area (Å²) in [4.78, 5) is 0. The standard InChI is InChI=1S/C6H10O2S/c1-4-5(8)3-9-6(4)2-7/h5-8H,1-3H2/t5-,6-/m0/s1. The van der Waals surface area contributed by atoms with Crippen LogP contribution in [-0.4, -0.2) is 33.9 Å². The predicted octanol–water partition coefficient (Wildman–Crippen LogP) is 0.0112. The lowest BCUT2D eigenvalue weighted by Gasteiger charge is -2.05. The van der Waals surface area contributed by atoms with E-state index in [-0.39, 0.29) is 11.9 Å². The van der Waals surface area contributed by atoms with Crippen molar-refractivity contribution in [2.75, 3.05) is 12.4 Å². The Kier molecular flexibility index (Phi) is 2.16. The molecular weight excluding hydrogens is 136 g/mol. The Morgan fingerprint density at radius 3 is 2.67 bits per heavy atom. The molecular formula is C6H10O2S. The molecule has 0 aliphatic carbocycles. The Morgan fingerprint density at radius 2 is 2.44 bits per heavy atom. The Labute approximate surface area is 58.6 Å². The van der Waals surface area contributed by atoms with Gasteiger partial charge in [-0.05, 0) is 5.57 Å². The zero-order chi connectivity index (χ0) is 6.85. The fourth-order valence-electron chi connectivity index (χ4n) is 0.806. The van der Waals surface area contributed by atoms with Crippen LogP contribution >= 0.6 is 11.8 Å². The molecule has 0 aromatic heterocycles. The van der Waals surface area contributed by atoms with E-state index < -0.39 is 6.10 Å². The van der Waals surface area contributed by atoms with Crippen molar-refractivity contribution < 1.29 is 10.2 Å². The average Bonchev–Trinajstić information content (AvgIpc) is 2.15. The molecule has 0 bridgehead atoms. The molecule has 1 fully saturated rings. The molecule has 0 radical (unpaired) electrons. The predicted molar refractivity (Wildman–Crippen MR) is 38.5 cm³/mol. The van der Waals surface area contributed by atoms with Gasteiger partial charge >= 0.3 is 0 Å².